The highest BCUT2D eigenvalue weighted by atomic mass is 19.1. The van der Waals surface area contributed by atoms with Crippen molar-refractivity contribution < 1.29 is 8.78 Å². The zero-order valence-electron chi connectivity index (χ0n) is 6.82. The van der Waals surface area contributed by atoms with Gasteiger partial charge in [0, 0.05) is 6.42 Å². The van der Waals surface area contributed by atoms with E-state index in [1.807, 2.05) is 0 Å². The van der Waals surface area contributed by atoms with E-state index in [1.165, 1.54) is 13.0 Å². The van der Waals surface area contributed by atoms with Gasteiger partial charge < -0.3 is 0 Å². The molecule has 0 amide bonds. The van der Waals surface area contributed by atoms with Crippen molar-refractivity contribution >= 4 is 0 Å². The van der Waals surface area contributed by atoms with Crippen molar-refractivity contribution in [2.45, 2.75) is 25.9 Å². The molecule has 0 bridgehead atoms. The molecule has 1 unspecified atom stereocenters. The van der Waals surface area contributed by atoms with E-state index < -0.39 is 12.3 Å². The summed E-state index contributed by atoms with van der Waals surface area (Å²) in [6, 6.07) is 0. The summed E-state index contributed by atoms with van der Waals surface area (Å²) in [5, 5.41) is 0. The minimum absolute atomic E-state index is 0.200. The third-order valence-corrected chi connectivity index (χ3v) is 1.96. The molecule has 1 aliphatic rings. The fourth-order valence-electron chi connectivity index (χ4n) is 1.18. The van der Waals surface area contributed by atoms with E-state index in [0.29, 0.717) is 5.57 Å². The third kappa shape index (κ3) is 1.88. The van der Waals surface area contributed by atoms with Gasteiger partial charge in [0.1, 0.15) is 12.3 Å². The van der Waals surface area contributed by atoms with Crippen LogP contribution in [-0.2, 0) is 0 Å². The highest BCUT2D eigenvalue weighted by molar-refractivity contribution is 5.32. The molecular weight excluding hydrogens is 146 g/mol. The molecule has 62 valence electrons. The van der Waals surface area contributed by atoms with Crippen molar-refractivity contribution in [2.24, 2.45) is 0 Å². The second-order valence-electron chi connectivity index (χ2n) is 3.21. The van der Waals surface area contributed by atoms with Gasteiger partial charge in [0.15, 0.2) is 0 Å². The maximum atomic E-state index is 13.2. The number of allylic oxidation sites excluding steroid dienone is 4. The van der Waals surface area contributed by atoms with E-state index in [-0.39, 0.29) is 6.42 Å². The summed E-state index contributed by atoms with van der Waals surface area (Å²) in [6.07, 6.45) is 3.34. The Labute approximate surface area is 65.6 Å². The molecule has 0 fully saturated rings. The van der Waals surface area contributed by atoms with Crippen LogP contribution in [-0.4, -0.2) is 12.3 Å². The third-order valence-electron chi connectivity index (χ3n) is 1.96. The van der Waals surface area contributed by atoms with E-state index in [4.69, 9.17) is 0 Å². The van der Waals surface area contributed by atoms with Crippen LogP contribution in [0.1, 0.15) is 20.3 Å². The molecule has 1 aliphatic carbocycles. The fourth-order valence-corrected chi connectivity index (χ4v) is 1.18. The van der Waals surface area contributed by atoms with E-state index in [2.05, 4.69) is 0 Å². The molecule has 0 nitrogen and oxygen atoms in total. The van der Waals surface area contributed by atoms with E-state index in [9.17, 15) is 8.78 Å². The Hall–Kier alpha value is -0.660. The Bertz CT molecular complexity index is 212. The molecule has 1 atom stereocenters. The summed E-state index contributed by atoms with van der Waals surface area (Å²) >= 11 is 0. The SMILES string of the molecule is CC1=C(CF)CC(C)(F)C=C1. The van der Waals surface area contributed by atoms with Crippen molar-refractivity contribution in [3.05, 3.63) is 23.3 Å². The summed E-state index contributed by atoms with van der Waals surface area (Å²) in [5.41, 5.74) is 0.0983. The topological polar surface area (TPSA) is 0 Å². The highest BCUT2D eigenvalue weighted by Gasteiger charge is 2.24. The first-order valence-electron chi connectivity index (χ1n) is 3.68. The molecule has 0 saturated carbocycles. The largest absolute Gasteiger partial charge is 0.246 e. The van der Waals surface area contributed by atoms with E-state index in [0.717, 1.165) is 5.57 Å². The maximum absolute atomic E-state index is 13.2. The zero-order chi connectivity index (χ0) is 8.48. The van der Waals surface area contributed by atoms with Gasteiger partial charge in [-0.3, -0.25) is 0 Å². The quantitative estimate of drug-likeness (QED) is 0.550. The molecule has 2 heteroatoms. The van der Waals surface area contributed by atoms with E-state index >= 15 is 0 Å². The van der Waals surface area contributed by atoms with Crippen molar-refractivity contribution in [2.75, 3.05) is 6.67 Å². The Morgan fingerprint density at radius 3 is 2.73 bits per heavy atom. The molecule has 11 heavy (non-hydrogen) atoms. The molecule has 0 spiro atoms. The average Bonchev–Trinajstić information content (AvgIpc) is 1.94. The minimum atomic E-state index is -1.35. The fraction of sp³-hybridized carbons (Fsp3) is 0.556. The first kappa shape index (κ1) is 8.44. The molecule has 0 heterocycles. The van der Waals surface area contributed by atoms with Crippen LogP contribution in [0.4, 0.5) is 8.78 Å². The van der Waals surface area contributed by atoms with Gasteiger partial charge in [-0.05, 0) is 31.1 Å². The minimum Gasteiger partial charge on any atom is -0.246 e. The molecule has 1 rings (SSSR count). The number of hydrogen-bond acceptors (Lipinski definition) is 0. The Morgan fingerprint density at radius 1 is 1.64 bits per heavy atom. The molecule has 0 radical (unpaired) electrons. The number of rotatable bonds is 1. The van der Waals surface area contributed by atoms with Crippen molar-refractivity contribution in [1.82, 2.24) is 0 Å². The molecular formula is C9H12F2. The molecule has 0 aromatic heterocycles. The van der Waals surface area contributed by atoms with Gasteiger partial charge in [-0.15, -0.1) is 0 Å². The van der Waals surface area contributed by atoms with Crippen LogP contribution in [0.3, 0.4) is 0 Å². The predicted molar refractivity (Wildman–Crippen MR) is 41.9 cm³/mol. The van der Waals surface area contributed by atoms with Gasteiger partial charge in [-0.2, -0.15) is 0 Å². The first-order chi connectivity index (χ1) is 5.05. The number of hydrogen-bond donors (Lipinski definition) is 0. The van der Waals surface area contributed by atoms with Crippen LogP contribution >= 0.6 is 0 Å². The van der Waals surface area contributed by atoms with Gasteiger partial charge in [0.25, 0.3) is 0 Å². The molecule has 0 aromatic rings. The standard InChI is InChI=1S/C9H12F2/c1-7-3-4-9(2,11)5-8(7)6-10/h3-4H,5-6H2,1-2H3. The normalized spacial score (nSPS) is 31.3. The lowest BCUT2D eigenvalue weighted by Gasteiger charge is -2.22. The van der Waals surface area contributed by atoms with Gasteiger partial charge in [0.05, 0.1) is 0 Å². The van der Waals surface area contributed by atoms with Crippen molar-refractivity contribution in [3.8, 4) is 0 Å². The highest BCUT2D eigenvalue weighted by Crippen LogP contribution is 2.29. The monoisotopic (exact) mass is 158 g/mol. The van der Waals surface area contributed by atoms with Gasteiger partial charge >= 0.3 is 0 Å². The van der Waals surface area contributed by atoms with Crippen LogP contribution < -0.4 is 0 Å². The molecule has 0 N–H and O–H groups in total. The predicted octanol–water partition coefficient (Wildman–Crippen LogP) is 2.96. The summed E-state index contributed by atoms with van der Waals surface area (Å²) in [7, 11) is 0. The lowest BCUT2D eigenvalue weighted by atomic mass is 9.90. The number of alkyl halides is 2. The molecule has 0 saturated heterocycles. The van der Waals surface area contributed by atoms with Gasteiger partial charge in [-0.25, -0.2) is 8.78 Å². The average molecular weight is 158 g/mol. The summed E-state index contributed by atoms with van der Waals surface area (Å²) < 4.78 is 25.4. The second-order valence-corrected chi connectivity index (χ2v) is 3.21. The van der Waals surface area contributed by atoms with Crippen LogP contribution in [0.5, 0.6) is 0 Å². The Balaban J connectivity index is 2.84. The first-order valence-corrected chi connectivity index (χ1v) is 3.68. The van der Waals surface area contributed by atoms with Crippen molar-refractivity contribution in [1.29, 1.82) is 0 Å². The molecule has 0 aliphatic heterocycles. The van der Waals surface area contributed by atoms with Crippen LogP contribution in [0.25, 0.3) is 0 Å². The summed E-state index contributed by atoms with van der Waals surface area (Å²) in [4.78, 5) is 0. The van der Waals surface area contributed by atoms with Crippen molar-refractivity contribution in [3.63, 3.8) is 0 Å². The van der Waals surface area contributed by atoms with Gasteiger partial charge in [0.2, 0.25) is 0 Å². The summed E-state index contributed by atoms with van der Waals surface area (Å²) in [6.45, 7) is 2.74. The second kappa shape index (κ2) is 2.76. The maximum Gasteiger partial charge on any atom is 0.130 e. The smallest absolute Gasteiger partial charge is 0.130 e. The van der Waals surface area contributed by atoms with Gasteiger partial charge in [-0.1, -0.05) is 6.08 Å². The van der Waals surface area contributed by atoms with Crippen LogP contribution in [0.15, 0.2) is 23.3 Å². The lowest BCUT2D eigenvalue weighted by Crippen LogP contribution is -2.19. The summed E-state index contributed by atoms with van der Waals surface area (Å²) in [5.74, 6) is 0. The lowest BCUT2D eigenvalue weighted by molar-refractivity contribution is 0.248. The number of halogens is 2. The van der Waals surface area contributed by atoms with E-state index in [1.54, 1.807) is 13.0 Å². The van der Waals surface area contributed by atoms with Crippen LogP contribution in [0.2, 0.25) is 0 Å². The molecule has 0 aromatic carbocycles. The van der Waals surface area contributed by atoms with Crippen LogP contribution in [0, 0.1) is 0 Å². The zero-order valence-corrected chi connectivity index (χ0v) is 6.82. The Kier molecular flexibility index (Phi) is 2.12. The Morgan fingerprint density at radius 2 is 2.27 bits per heavy atom.